The van der Waals surface area contributed by atoms with Gasteiger partial charge in [-0.2, -0.15) is 0 Å². The van der Waals surface area contributed by atoms with Crippen LogP contribution in [0.1, 0.15) is 31.4 Å². The van der Waals surface area contributed by atoms with E-state index in [0.717, 1.165) is 19.6 Å². The molecule has 14 heavy (non-hydrogen) atoms. The summed E-state index contributed by atoms with van der Waals surface area (Å²) in [5.74, 6) is 0. The molecule has 0 bridgehead atoms. The summed E-state index contributed by atoms with van der Waals surface area (Å²) in [5, 5.41) is 3.54. The van der Waals surface area contributed by atoms with Gasteiger partial charge in [-0.3, -0.25) is 0 Å². The van der Waals surface area contributed by atoms with Crippen LogP contribution in [0.2, 0.25) is 0 Å². The molecule has 3 nitrogen and oxygen atoms in total. The monoisotopic (exact) mass is 195 g/mol. The maximum absolute atomic E-state index is 5.41. The number of ether oxygens (including phenoxy) is 1. The lowest BCUT2D eigenvalue weighted by atomic mass is 10.1. The standard InChI is InChI=1S/C11H17NO2/c1-9(10-4-6-14-7-10)12-11-3-2-5-13-8-11/h4,6-7,9,11-12H,2-3,5,8H2,1H3. The van der Waals surface area contributed by atoms with Gasteiger partial charge in [-0.05, 0) is 25.8 Å². The quantitative estimate of drug-likeness (QED) is 0.802. The molecule has 0 spiro atoms. The lowest BCUT2D eigenvalue weighted by molar-refractivity contribution is 0.0670. The van der Waals surface area contributed by atoms with Crippen LogP contribution in [-0.4, -0.2) is 19.3 Å². The van der Waals surface area contributed by atoms with Crippen molar-refractivity contribution in [1.29, 1.82) is 0 Å². The first kappa shape index (κ1) is 9.74. The van der Waals surface area contributed by atoms with Crippen LogP contribution < -0.4 is 5.32 Å². The fourth-order valence-electron chi connectivity index (χ4n) is 1.84. The molecule has 78 valence electrons. The number of nitrogens with one attached hydrogen (secondary N) is 1. The molecule has 0 amide bonds. The SMILES string of the molecule is CC(NC1CCCOC1)c1ccoc1. The van der Waals surface area contributed by atoms with Crippen LogP contribution in [-0.2, 0) is 4.74 Å². The minimum absolute atomic E-state index is 0.348. The second-order valence-electron chi connectivity index (χ2n) is 3.86. The van der Waals surface area contributed by atoms with Gasteiger partial charge in [0, 0.05) is 24.3 Å². The van der Waals surface area contributed by atoms with Crippen molar-refractivity contribution in [3.63, 3.8) is 0 Å². The van der Waals surface area contributed by atoms with Crippen molar-refractivity contribution in [2.24, 2.45) is 0 Å². The number of hydrogen-bond acceptors (Lipinski definition) is 3. The van der Waals surface area contributed by atoms with Crippen molar-refractivity contribution in [2.75, 3.05) is 13.2 Å². The first-order valence-corrected chi connectivity index (χ1v) is 5.22. The molecule has 2 rings (SSSR count). The van der Waals surface area contributed by atoms with E-state index in [2.05, 4.69) is 12.2 Å². The van der Waals surface area contributed by atoms with Gasteiger partial charge in [0.15, 0.2) is 0 Å². The molecule has 2 heterocycles. The third kappa shape index (κ3) is 2.36. The Balaban J connectivity index is 1.84. The third-order valence-electron chi connectivity index (χ3n) is 2.69. The molecule has 1 aromatic heterocycles. The summed E-state index contributed by atoms with van der Waals surface area (Å²) in [4.78, 5) is 0. The van der Waals surface area contributed by atoms with Gasteiger partial charge in [0.05, 0.1) is 19.1 Å². The summed E-state index contributed by atoms with van der Waals surface area (Å²) in [6, 6.07) is 2.84. The molecule has 0 aliphatic carbocycles. The normalized spacial score (nSPS) is 24.8. The Morgan fingerprint density at radius 3 is 3.14 bits per heavy atom. The van der Waals surface area contributed by atoms with Gasteiger partial charge in [-0.25, -0.2) is 0 Å². The molecule has 0 aromatic carbocycles. The van der Waals surface area contributed by atoms with Gasteiger partial charge >= 0.3 is 0 Å². The van der Waals surface area contributed by atoms with Crippen LogP contribution in [0.25, 0.3) is 0 Å². The molecule has 3 heteroatoms. The Kier molecular flexibility index (Phi) is 3.22. The van der Waals surface area contributed by atoms with Crippen LogP contribution in [0.15, 0.2) is 23.0 Å². The number of rotatable bonds is 3. The molecule has 2 atom stereocenters. The minimum atomic E-state index is 0.348. The zero-order valence-corrected chi connectivity index (χ0v) is 8.53. The van der Waals surface area contributed by atoms with Crippen molar-refractivity contribution in [2.45, 2.75) is 31.8 Å². The molecule has 1 N–H and O–H groups in total. The van der Waals surface area contributed by atoms with Gasteiger partial charge in [0.1, 0.15) is 0 Å². The summed E-state index contributed by atoms with van der Waals surface area (Å²) in [7, 11) is 0. The van der Waals surface area contributed by atoms with E-state index in [-0.39, 0.29) is 0 Å². The molecule has 2 unspecified atom stereocenters. The van der Waals surface area contributed by atoms with Gasteiger partial charge in [0.2, 0.25) is 0 Å². The van der Waals surface area contributed by atoms with Crippen LogP contribution in [0.4, 0.5) is 0 Å². The molecule has 1 fully saturated rings. The largest absolute Gasteiger partial charge is 0.472 e. The zero-order chi connectivity index (χ0) is 9.80. The van der Waals surface area contributed by atoms with Gasteiger partial charge in [-0.15, -0.1) is 0 Å². The fraction of sp³-hybridized carbons (Fsp3) is 0.636. The first-order valence-electron chi connectivity index (χ1n) is 5.22. The average molecular weight is 195 g/mol. The van der Waals surface area contributed by atoms with E-state index in [4.69, 9.17) is 9.15 Å². The Morgan fingerprint density at radius 2 is 2.50 bits per heavy atom. The van der Waals surface area contributed by atoms with Crippen molar-refractivity contribution >= 4 is 0 Å². The van der Waals surface area contributed by atoms with Crippen molar-refractivity contribution in [3.05, 3.63) is 24.2 Å². The van der Waals surface area contributed by atoms with Gasteiger partial charge in [0.25, 0.3) is 0 Å². The lowest BCUT2D eigenvalue weighted by Crippen LogP contribution is -2.38. The highest BCUT2D eigenvalue weighted by atomic mass is 16.5. The van der Waals surface area contributed by atoms with E-state index >= 15 is 0 Å². The van der Waals surface area contributed by atoms with E-state index in [1.54, 1.807) is 12.5 Å². The van der Waals surface area contributed by atoms with Crippen LogP contribution in [0, 0.1) is 0 Å². The molecule has 1 aliphatic rings. The number of furan rings is 1. The molecule has 0 saturated carbocycles. The van der Waals surface area contributed by atoms with Crippen LogP contribution >= 0.6 is 0 Å². The summed E-state index contributed by atoms with van der Waals surface area (Å²) in [5.41, 5.74) is 1.20. The molecular formula is C11H17NO2. The molecule has 1 aromatic rings. The van der Waals surface area contributed by atoms with Gasteiger partial charge in [-0.1, -0.05) is 0 Å². The van der Waals surface area contributed by atoms with E-state index in [1.807, 2.05) is 6.07 Å². The number of hydrogen-bond donors (Lipinski definition) is 1. The highest BCUT2D eigenvalue weighted by Crippen LogP contribution is 2.15. The van der Waals surface area contributed by atoms with E-state index in [1.165, 1.54) is 12.0 Å². The van der Waals surface area contributed by atoms with E-state index in [9.17, 15) is 0 Å². The summed E-state index contributed by atoms with van der Waals surface area (Å²) in [6.07, 6.45) is 5.88. The Hall–Kier alpha value is -0.800. The molecule has 1 aliphatic heterocycles. The summed E-state index contributed by atoms with van der Waals surface area (Å²) in [6.45, 7) is 3.90. The minimum Gasteiger partial charge on any atom is -0.472 e. The molecule has 0 radical (unpaired) electrons. The maximum Gasteiger partial charge on any atom is 0.0950 e. The Labute approximate surface area is 84.4 Å². The molecular weight excluding hydrogens is 178 g/mol. The average Bonchev–Trinajstić information content (AvgIpc) is 2.72. The topological polar surface area (TPSA) is 34.4 Å². The van der Waals surface area contributed by atoms with Crippen molar-refractivity contribution < 1.29 is 9.15 Å². The first-order chi connectivity index (χ1) is 6.86. The van der Waals surface area contributed by atoms with Crippen molar-refractivity contribution in [1.82, 2.24) is 5.32 Å². The predicted octanol–water partition coefficient (Wildman–Crippen LogP) is 2.11. The van der Waals surface area contributed by atoms with Crippen molar-refractivity contribution in [3.8, 4) is 0 Å². The second-order valence-corrected chi connectivity index (χ2v) is 3.86. The maximum atomic E-state index is 5.41. The Bertz CT molecular complexity index is 252. The fourth-order valence-corrected chi connectivity index (χ4v) is 1.84. The third-order valence-corrected chi connectivity index (χ3v) is 2.69. The van der Waals surface area contributed by atoms with Gasteiger partial charge < -0.3 is 14.5 Å². The predicted molar refractivity (Wildman–Crippen MR) is 54.1 cm³/mol. The van der Waals surface area contributed by atoms with E-state index in [0.29, 0.717) is 12.1 Å². The smallest absolute Gasteiger partial charge is 0.0950 e. The van der Waals surface area contributed by atoms with Crippen LogP contribution in [0.3, 0.4) is 0 Å². The summed E-state index contributed by atoms with van der Waals surface area (Å²) < 4.78 is 10.5. The molecule has 1 saturated heterocycles. The highest BCUT2D eigenvalue weighted by Gasteiger charge is 2.16. The Morgan fingerprint density at radius 1 is 1.57 bits per heavy atom. The summed E-state index contributed by atoms with van der Waals surface area (Å²) >= 11 is 0. The van der Waals surface area contributed by atoms with Crippen LogP contribution in [0.5, 0.6) is 0 Å². The highest BCUT2D eigenvalue weighted by molar-refractivity contribution is 5.10. The van der Waals surface area contributed by atoms with E-state index < -0.39 is 0 Å². The lowest BCUT2D eigenvalue weighted by Gasteiger charge is -2.26. The zero-order valence-electron chi connectivity index (χ0n) is 8.53. The second kappa shape index (κ2) is 4.62.